The first-order valence-electron chi connectivity index (χ1n) is 8.00. The first-order chi connectivity index (χ1) is 11.3. The Hall–Kier alpha value is -1.10. The van der Waals surface area contributed by atoms with Crippen molar-refractivity contribution in [1.82, 2.24) is 0 Å². The normalized spacial score (nSPS) is 13.3. The molecule has 2 heterocycles. The van der Waals surface area contributed by atoms with Crippen LogP contribution in [-0.2, 0) is 6.42 Å². The van der Waals surface area contributed by atoms with Gasteiger partial charge < -0.3 is 4.74 Å². The van der Waals surface area contributed by atoms with E-state index in [1.165, 1.54) is 16.0 Å². The smallest absolute Gasteiger partial charge is 0.119 e. The number of rotatable bonds is 6. The van der Waals surface area contributed by atoms with E-state index in [4.69, 9.17) is 4.74 Å². The quantitative estimate of drug-likeness (QED) is 0.506. The molecule has 2 nitrogen and oxygen atoms in total. The van der Waals surface area contributed by atoms with E-state index in [-0.39, 0.29) is 12.4 Å². The standard InChI is InChI=1S/C19H20BrNOS.ClH/c1-2-3-12-22-15-4-7-17-14(13-15)10-11-21-18(17)8-5-16-6-9-19(20)23-16;/h4-9,13H,2-3,10-12H2,1H3;1H. The van der Waals surface area contributed by atoms with E-state index < -0.39 is 0 Å². The molecule has 0 atom stereocenters. The highest BCUT2D eigenvalue weighted by atomic mass is 79.9. The van der Waals surface area contributed by atoms with E-state index in [1.807, 2.05) is 0 Å². The molecule has 0 spiro atoms. The molecule has 0 N–H and O–H groups in total. The van der Waals surface area contributed by atoms with Crippen LogP contribution in [0.5, 0.6) is 5.75 Å². The molecule has 1 aromatic heterocycles. The zero-order valence-electron chi connectivity index (χ0n) is 13.6. The topological polar surface area (TPSA) is 21.6 Å². The molecule has 3 rings (SSSR count). The summed E-state index contributed by atoms with van der Waals surface area (Å²) < 4.78 is 6.97. The summed E-state index contributed by atoms with van der Waals surface area (Å²) >= 11 is 5.22. The van der Waals surface area contributed by atoms with E-state index in [0.717, 1.165) is 47.7 Å². The van der Waals surface area contributed by atoms with Crippen LogP contribution in [0.1, 0.15) is 35.8 Å². The van der Waals surface area contributed by atoms with E-state index >= 15 is 0 Å². The van der Waals surface area contributed by atoms with Gasteiger partial charge in [-0.3, -0.25) is 4.99 Å². The van der Waals surface area contributed by atoms with Gasteiger partial charge in [-0.1, -0.05) is 13.3 Å². The lowest BCUT2D eigenvalue weighted by atomic mass is 9.97. The van der Waals surface area contributed by atoms with Crippen LogP contribution in [-0.4, -0.2) is 18.9 Å². The number of hydrogen-bond acceptors (Lipinski definition) is 3. The number of halogens is 2. The summed E-state index contributed by atoms with van der Waals surface area (Å²) in [6.45, 7) is 3.82. The van der Waals surface area contributed by atoms with Crippen molar-refractivity contribution in [3.8, 4) is 5.75 Å². The molecule has 0 unspecified atom stereocenters. The Morgan fingerprint density at radius 2 is 2.12 bits per heavy atom. The molecule has 1 aromatic carbocycles. The summed E-state index contributed by atoms with van der Waals surface area (Å²) in [5.41, 5.74) is 3.63. The molecule has 0 saturated carbocycles. The number of allylic oxidation sites excluding steroid dienone is 1. The van der Waals surface area contributed by atoms with Gasteiger partial charge in [0.15, 0.2) is 0 Å². The Balaban J connectivity index is 0.00000208. The molecular weight excluding hydrogens is 406 g/mol. The van der Waals surface area contributed by atoms with Gasteiger partial charge in [0.05, 0.1) is 16.1 Å². The van der Waals surface area contributed by atoms with E-state index in [1.54, 1.807) is 11.3 Å². The van der Waals surface area contributed by atoms with Gasteiger partial charge in [0.1, 0.15) is 5.75 Å². The highest BCUT2D eigenvalue weighted by Crippen LogP contribution is 2.25. The van der Waals surface area contributed by atoms with E-state index in [9.17, 15) is 0 Å². The van der Waals surface area contributed by atoms with Crippen molar-refractivity contribution >= 4 is 51.5 Å². The fraction of sp³-hybridized carbons (Fsp3) is 0.316. The molecule has 0 bridgehead atoms. The minimum absolute atomic E-state index is 0. The summed E-state index contributed by atoms with van der Waals surface area (Å²) in [6, 6.07) is 10.6. The highest BCUT2D eigenvalue weighted by molar-refractivity contribution is 9.11. The van der Waals surface area contributed by atoms with Crippen molar-refractivity contribution in [1.29, 1.82) is 0 Å². The summed E-state index contributed by atoms with van der Waals surface area (Å²) in [4.78, 5) is 5.91. The number of thiophene rings is 1. The molecule has 5 heteroatoms. The van der Waals surface area contributed by atoms with Gasteiger partial charge in [0.25, 0.3) is 0 Å². The third-order valence-corrected chi connectivity index (χ3v) is 5.37. The van der Waals surface area contributed by atoms with Crippen molar-refractivity contribution in [3.63, 3.8) is 0 Å². The number of benzene rings is 1. The maximum Gasteiger partial charge on any atom is 0.119 e. The monoisotopic (exact) mass is 425 g/mol. The lowest BCUT2D eigenvalue weighted by Gasteiger charge is -2.16. The fourth-order valence-electron chi connectivity index (χ4n) is 2.55. The fourth-order valence-corrected chi connectivity index (χ4v) is 3.88. The molecule has 0 aliphatic carbocycles. The van der Waals surface area contributed by atoms with Crippen molar-refractivity contribution in [2.24, 2.45) is 4.99 Å². The summed E-state index contributed by atoms with van der Waals surface area (Å²) in [5, 5.41) is 0. The predicted molar refractivity (Wildman–Crippen MR) is 110 cm³/mol. The summed E-state index contributed by atoms with van der Waals surface area (Å²) in [5.74, 6) is 0.976. The summed E-state index contributed by atoms with van der Waals surface area (Å²) in [7, 11) is 0. The van der Waals surface area contributed by atoms with Crippen LogP contribution in [0, 0.1) is 0 Å². The number of hydrogen-bond donors (Lipinski definition) is 0. The SMILES string of the molecule is CCCCOc1ccc2c(c1)CCN=C2C=Cc1ccc(Br)s1.Cl. The number of nitrogens with zero attached hydrogens (tertiary/aromatic N) is 1. The average molecular weight is 427 g/mol. The van der Waals surface area contributed by atoms with Crippen LogP contribution >= 0.6 is 39.7 Å². The van der Waals surface area contributed by atoms with E-state index in [2.05, 4.69) is 70.3 Å². The van der Waals surface area contributed by atoms with Crippen LogP contribution in [0.25, 0.3) is 6.08 Å². The Kier molecular flexibility index (Phi) is 7.53. The third kappa shape index (κ3) is 4.95. The number of aliphatic imine (C=N–C) groups is 1. The van der Waals surface area contributed by atoms with Crippen molar-refractivity contribution < 1.29 is 4.74 Å². The van der Waals surface area contributed by atoms with Gasteiger partial charge in [-0.25, -0.2) is 0 Å². The maximum absolute atomic E-state index is 5.82. The van der Waals surface area contributed by atoms with Crippen LogP contribution in [0.2, 0.25) is 0 Å². The predicted octanol–water partition coefficient (Wildman–Crippen LogP) is 6.17. The first kappa shape index (κ1) is 19.2. The van der Waals surface area contributed by atoms with Crippen molar-refractivity contribution in [3.05, 3.63) is 56.2 Å². The Morgan fingerprint density at radius 3 is 2.88 bits per heavy atom. The van der Waals surface area contributed by atoms with Crippen LogP contribution < -0.4 is 4.74 Å². The zero-order valence-corrected chi connectivity index (χ0v) is 16.8. The van der Waals surface area contributed by atoms with Crippen molar-refractivity contribution in [2.45, 2.75) is 26.2 Å². The minimum atomic E-state index is 0. The van der Waals surface area contributed by atoms with Gasteiger partial charge in [0.2, 0.25) is 0 Å². The molecule has 0 radical (unpaired) electrons. The molecular formula is C19H21BrClNOS. The van der Waals surface area contributed by atoms with Gasteiger partial charge >= 0.3 is 0 Å². The van der Waals surface area contributed by atoms with Gasteiger partial charge in [0, 0.05) is 17.0 Å². The second-order valence-corrected chi connectivity index (χ2v) is 8.01. The third-order valence-electron chi connectivity index (χ3n) is 3.78. The highest BCUT2D eigenvalue weighted by Gasteiger charge is 2.13. The first-order valence-corrected chi connectivity index (χ1v) is 9.61. The number of fused-ring (bicyclic) bond motifs is 1. The molecule has 1 aliphatic rings. The number of ether oxygens (including phenoxy) is 1. The van der Waals surface area contributed by atoms with Crippen LogP contribution in [0.15, 0.2) is 45.2 Å². The van der Waals surface area contributed by atoms with Gasteiger partial charge in [-0.05, 0) is 76.8 Å². The molecule has 128 valence electrons. The Morgan fingerprint density at radius 1 is 1.25 bits per heavy atom. The minimum Gasteiger partial charge on any atom is -0.494 e. The van der Waals surface area contributed by atoms with Crippen molar-refractivity contribution in [2.75, 3.05) is 13.2 Å². The maximum atomic E-state index is 5.82. The largest absolute Gasteiger partial charge is 0.494 e. The molecule has 0 fully saturated rings. The number of unbranched alkanes of at least 4 members (excludes halogenated alkanes) is 1. The molecule has 0 amide bonds. The molecule has 1 aliphatic heterocycles. The molecule has 24 heavy (non-hydrogen) atoms. The lowest BCUT2D eigenvalue weighted by Crippen LogP contribution is -2.11. The summed E-state index contributed by atoms with van der Waals surface area (Å²) in [6.07, 6.45) is 7.50. The van der Waals surface area contributed by atoms with Gasteiger partial charge in [-0.2, -0.15) is 0 Å². The second-order valence-electron chi connectivity index (χ2n) is 5.51. The average Bonchev–Trinajstić information content (AvgIpc) is 2.98. The Bertz CT molecular complexity index is 739. The second kappa shape index (κ2) is 9.40. The van der Waals surface area contributed by atoms with Crippen LogP contribution in [0.3, 0.4) is 0 Å². The Labute approximate surface area is 162 Å². The van der Waals surface area contributed by atoms with Gasteiger partial charge in [-0.15, -0.1) is 23.7 Å². The molecule has 2 aromatic rings. The molecule has 0 saturated heterocycles. The lowest BCUT2D eigenvalue weighted by molar-refractivity contribution is 0.309. The van der Waals surface area contributed by atoms with E-state index in [0.29, 0.717) is 0 Å². The zero-order chi connectivity index (χ0) is 16.1. The van der Waals surface area contributed by atoms with Crippen LogP contribution in [0.4, 0.5) is 0 Å².